The first-order valence-electron chi connectivity index (χ1n) is 5.61. The van der Waals surface area contributed by atoms with Crippen molar-refractivity contribution in [1.82, 2.24) is 10.5 Å². The smallest absolute Gasteiger partial charge is 0.358 e. The molecule has 0 unspecified atom stereocenters. The first kappa shape index (κ1) is 12.3. The number of carbonyl (C=O) groups is 1. The minimum atomic E-state index is -1.07. The Morgan fingerprint density at radius 2 is 2.06 bits per heavy atom. The monoisotopic (exact) mass is 246 g/mol. The Labute approximate surface area is 104 Å². The quantitative estimate of drug-likeness (QED) is 0.843. The van der Waals surface area contributed by atoms with E-state index < -0.39 is 5.97 Å². The maximum absolute atomic E-state index is 10.9. The molecule has 1 heterocycles. The zero-order chi connectivity index (χ0) is 13.0. The third-order valence-corrected chi connectivity index (χ3v) is 2.66. The highest BCUT2D eigenvalue weighted by Crippen LogP contribution is 2.13. The van der Waals surface area contributed by atoms with Crippen LogP contribution in [0.4, 0.5) is 0 Å². The maximum Gasteiger partial charge on any atom is 0.358 e. The van der Waals surface area contributed by atoms with Crippen molar-refractivity contribution in [1.29, 1.82) is 0 Å². The lowest BCUT2D eigenvalue weighted by atomic mass is 10.2. The Morgan fingerprint density at radius 3 is 2.72 bits per heavy atom. The van der Waals surface area contributed by atoms with Gasteiger partial charge in [0, 0.05) is 18.7 Å². The SMILES string of the molecule is Cc1onc(C(=O)O)c1CNCc1ccccc1. The second kappa shape index (κ2) is 5.46. The lowest BCUT2D eigenvalue weighted by Gasteiger charge is -2.04. The van der Waals surface area contributed by atoms with Gasteiger partial charge in [0.15, 0.2) is 5.69 Å². The number of hydrogen-bond acceptors (Lipinski definition) is 4. The molecule has 0 aliphatic heterocycles. The normalized spacial score (nSPS) is 10.5. The van der Waals surface area contributed by atoms with Crippen LogP contribution in [0.5, 0.6) is 0 Å². The number of carboxylic acid groups (broad SMARTS) is 1. The number of aromatic nitrogens is 1. The third kappa shape index (κ3) is 2.75. The first-order chi connectivity index (χ1) is 8.68. The molecule has 0 bridgehead atoms. The molecule has 94 valence electrons. The van der Waals surface area contributed by atoms with Gasteiger partial charge in [-0.1, -0.05) is 35.5 Å². The van der Waals surface area contributed by atoms with E-state index in [4.69, 9.17) is 9.63 Å². The molecule has 1 aromatic heterocycles. The summed E-state index contributed by atoms with van der Waals surface area (Å²) in [4.78, 5) is 10.9. The molecule has 0 aliphatic rings. The van der Waals surface area contributed by atoms with Crippen LogP contribution in [0, 0.1) is 6.92 Å². The minimum absolute atomic E-state index is 0.0203. The number of aryl methyl sites for hydroxylation is 1. The standard InChI is InChI=1S/C13H14N2O3/c1-9-11(12(13(16)17)15-18-9)8-14-7-10-5-3-2-4-6-10/h2-6,14H,7-8H2,1H3,(H,16,17). The summed E-state index contributed by atoms with van der Waals surface area (Å²) >= 11 is 0. The Hall–Kier alpha value is -2.14. The van der Waals surface area contributed by atoms with Crippen LogP contribution in [-0.4, -0.2) is 16.2 Å². The summed E-state index contributed by atoms with van der Waals surface area (Å²) in [5, 5.41) is 15.6. The number of nitrogens with zero attached hydrogens (tertiary/aromatic N) is 1. The average molecular weight is 246 g/mol. The van der Waals surface area contributed by atoms with Gasteiger partial charge in [0.1, 0.15) is 5.76 Å². The zero-order valence-electron chi connectivity index (χ0n) is 10.0. The Balaban J connectivity index is 1.98. The molecule has 0 spiro atoms. The molecule has 18 heavy (non-hydrogen) atoms. The maximum atomic E-state index is 10.9. The molecule has 0 aliphatic carbocycles. The molecule has 2 rings (SSSR count). The van der Waals surface area contributed by atoms with Gasteiger partial charge in [0.2, 0.25) is 0 Å². The second-order valence-corrected chi connectivity index (χ2v) is 3.96. The molecule has 0 fully saturated rings. The number of nitrogens with one attached hydrogen (secondary N) is 1. The van der Waals surface area contributed by atoms with E-state index in [1.165, 1.54) is 0 Å². The Bertz CT molecular complexity index is 534. The molecule has 1 aromatic carbocycles. The predicted molar refractivity (Wildman–Crippen MR) is 65.2 cm³/mol. The number of rotatable bonds is 5. The molecule has 0 saturated carbocycles. The van der Waals surface area contributed by atoms with Crippen molar-refractivity contribution >= 4 is 5.97 Å². The van der Waals surface area contributed by atoms with Gasteiger partial charge in [-0.05, 0) is 12.5 Å². The predicted octanol–water partition coefficient (Wildman–Crippen LogP) is 1.97. The summed E-state index contributed by atoms with van der Waals surface area (Å²) in [6.07, 6.45) is 0. The number of benzene rings is 1. The van der Waals surface area contributed by atoms with Gasteiger partial charge >= 0.3 is 5.97 Å². The van der Waals surface area contributed by atoms with Crippen molar-refractivity contribution in [2.45, 2.75) is 20.0 Å². The number of hydrogen-bond donors (Lipinski definition) is 2. The van der Waals surface area contributed by atoms with E-state index >= 15 is 0 Å². The van der Waals surface area contributed by atoms with Crippen LogP contribution in [0.2, 0.25) is 0 Å². The summed E-state index contributed by atoms with van der Waals surface area (Å²) in [7, 11) is 0. The highest BCUT2D eigenvalue weighted by molar-refractivity contribution is 5.87. The zero-order valence-corrected chi connectivity index (χ0v) is 10.0. The summed E-state index contributed by atoms with van der Waals surface area (Å²) in [6, 6.07) is 9.89. The third-order valence-electron chi connectivity index (χ3n) is 2.66. The van der Waals surface area contributed by atoms with Crippen molar-refractivity contribution < 1.29 is 14.4 Å². The van der Waals surface area contributed by atoms with Crippen molar-refractivity contribution in [3.63, 3.8) is 0 Å². The lowest BCUT2D eigenvalue weighted by Crippen LogP contribution is -2.15. The van der Waals surface area contributed by atoms with Gasteiger partial charge in [-0.2, -0.15) is 0 Å². The van der Waals surface area contributed by atoms with Crippen LogP contribution in [0.25, 0.3) is 0 Å². The van der Waals surface area contributed by atoms with Crippen LogP contribution < -0.4 is 5.32 Å². The Kier molecular flexibility index (Phi) is 3.74. The van der Waals surface area contributed by atoms with Gasteiger partial charge < -0.3 is 14.9 Å². The van der Waals surface area contributed by atoms with E-state index in [2.05, 4.69) is 10.5 Å². The summed E-state index contributed by atoms with van der Waals surface area (Å²) < 4.78 is 4.89. The van der Waals surface area contributed by atoms with Crippen LogP contribution >= 0.6 is 0 Å². The molecule has 0 atom stereocenters. The number of aromatic carboxylic acids is 1. The van der Waals surface area contributed by atoms with Gasteiger partial charge in [0.05, 0.1) is 0 Å². The largest absolute Gasteiger partial charge is 0.476 e. The van der Waals surface area contributed by atoms with Crippen molar-refractivity contribution in [2.24, 2.45) is 0 Å². The van der Waals surface area contributed by atoms with Gasteiger partial charge in [0.25, 0.3) is 0 Å². The summed E-state index contributed by atoms with van der Waals surface area (Å²) in [6.45, 7) is 2.80. The fourth-order valence-corrected chi connectivity index (χ4v) is 1.70. The molecular formula is C13H14N2O3. The Morgan fingerprint density at radius 1 is 1.33 bits per heavy atom. The molecule has 0 radical (unpaired) electrons. The molecule has 0 amide bonds. The van der Waals surface area contributed by atoms with Gasteiger partial charge in [-0.3, -0.25) is 0 Å². The number of carboxylic acids is 1. The average Bonchev–Trinajstić information content (AvgIpc) is 2.73. The summed E-state index contributed by atoms with van der Waals surface area (Å²) in [5.74, 6) is -0.531. The highest BCUT2D eigenvalue weighted by Gasteiger charge is 2.18. The lowest BCUT2D eigenvalue weighted by molar-refractivity contribution is 0.0684. The topological polar surface area (TPSA) is 75.4 Å². The van der Waals surface area contributed by atoms with Crippen LogP contribution in [-0.2, 0) is 13.1 Å². The minimum Gasteiger partial charge on any atom is -0.476 e. The molecule has 2 aromatic rings. The van der Waals surface area contributed by atoms with Crippen molar-refractivity contribution in [2.75, 3.05) is 0 Å². The van der Waals surface area contributed by atoms with E-state index in [1.54, 1.807) is 6.92 Å². The first-order valence-corrected chi connectivity index (χ1v) is 5.61. The van der Waals surface area contributed by atoms with E-state index in [9.17, 15) is 4.79 Å². The molecule has 0 saturated heterocycles. The van der Waals surface area contributed by atoms with E-state index in [1.807, 2.05) is 30.3 Å². The fourth-order valence-electron chi connectivity index (χ4n) is 1.70. The molecule has 2 N–H and O–H groups in total. The van der Waals surface area contributed by atoms with Crippen molar-refractivity contribution in [3.05, 3.63) is 52.9 Å². The van der Waals surface area contributed by atoms with Crippen LogP contribution in [0.1, 0.15) is 27.4 Å². The van der Waals surface area contributed by atoms with E-state index in [0.717, 1.165) is 5.56 Å². The van der Waals surface area contributed by atoms with Crippen LogP contribution in [0.3, 0.4) is 0 Å². The molecule has 5 nitrogen and oxygen atoms in total. The van der Waals surface area contributed by atoms with E-state index in [-0.39, 0.29) is 5.69 Å². The second-order valence-electron chi connectivity index (χ2n) is 3.96. The van der Waals surface area contributed by atoms with E-state index in [0.29, 0.717) is 24.4 Å². The molecule has 5 heteroatoms. The highest BCUT2D eigenvalue weighted by atomic mass is 16.5. The fraction of sp³-hybridized carbons (Fsp3) is 0.231. The van der Waals surface area contributed by atoms with Crippen LogP contribution in [0.15, 0.2) is 34.9 Å². The van der Waals surface area contributed by atoms with Crippen molar-refractivity contribution in [3.8, 4) is 0 Å². The summed E-state index contributed by atoms with van der Waals surface area (Å²) in [5.41, 5.74) is 1.72. The molecular weight excluding hydrogens is 232 g/mol. The van der Waals surface area contributed by atoms with Gasteiger partial charge in [-0.15, -0.1) is 0 Å². The van der Waals surface area contributed by atoms with Gasteiger partial charge in [-0.25, -0.2) is 4.79 Å².